The molecule has 1 aliphatic heterocycles. The van der Waals surface area contributed by atoms with E-state index in [1.54, 1.807) is 0 Å². The fraction of sp³-hybridized carbons (Fsp3) is 0.400. The number of aromatic nitrogens is 1. The number of rotatable bonds is 2. The van der Waals surface area contributed by atoms with E-state index >= 15 is 0 Å². The number of hydrogen-bond acceptors (Lipinski definition) is 2. The zero-order valence-electron chi connectivity index (χ0n) is 10.6. The van der Waals surface area contributed by atoms with Gasteiger partial charge in [-0.1, -0.05) is 18.2 Å². The van der Waals surface area contributed by atoms with Crippen molar-refractivity contribution in [2.75, 3.05) is 18.0 Å². The summed E-state index contributed by atoms with van der Waals surface area (Å²) in [6.45, 7) is 1.33. The van der Waals surface area contributed by atoms with E-state index in [0.717, 1.165) is 16.7 Å². The van der Waals surface area contributed by atoms with Gasteiger partial charge in [-0.3, -0.25) is 0 Å². The van der Waals surface area contributed by atoms with E-state index in [2.05, 4.69) is 9.88 Å². The lowest BCUT2D eigenvalue weighted by molar-refractivity contribution is 0.0635. The van der Waals surface area contributed by atoms with Crippen molar-refractivity contribution in [2.24, 2.45) is 5.92 Å². The fourth-order valence-corrected chi connectivity index (χ4v) is 2.61. The Morgan fingerprint density at radius 1 is 1.05 bits per heavy atom. The summed E-state index contributed by atoms with van der Waals surface area (Å²) in [5, 5.41) is 1.11. The second kappa shape index (κ2) is 5.11. The fourth-order valence-electron chi connectivity index (χ4n) is 2.61. The molecule has 19 heavy (non-hydrogen) atoms. The van der Waals surface area contributed by atoms with Crippen LogP contribution in [0.1, 0.15) is 12.8 Å². The smallest absolute Gasteiger partial charge is 0.241 e. The van der Waals surface area contributed by atoms with Crippen molar-refractivity contribution >= 4 is 16.7 Å². The number of piperidine rings is 1. The van der Waals surface area contributed by atoms with E-state index < -0.39 is 12.3 Å². The van der Waals surface area contributed by atoms with Gasteiger partial charge in [-0.2, -0.15) is 0 Å². The highest BCUT2D eigenvalue weighted by Gasteiger charge is 2.26. The minimum absolute atomic E-state index is 0.447. The van der Waals surface area contributed by atoms with Crippen molar-refractivity contribution in [3.63, 3.8) is 0 Å². The van der Waals surface area contributed by atoms with Gasteiger partial charge in [-0.25, -0.2) is 13.8 Å². The van der Waals surface area contributed by atoms with E-state index in [4.69, 9.17) is 0 Å². The lowest BCUT2D eigenvalue weighted by atomic mass is 9.97. The summed E-state index contributed by atoms with van der Waals surface area (Å²) in [5.41, 5.74) is 0.955. The highest BCUT2D eigenvalue weighted by Crippen LogP contribution is 2.27. The van der Waals surface area contributed by atoms with E-state index in [0.29, 0.717) is 25.9 Å². The van der Waals surface area contributed by atoms with Crippen LogP contribution in [0.5, 0.6) is 0 Å². The van der Waals surface area contributed by atoms with Crippen LogP contribution in [0.15, 0.2) is 36.4 Å². The Balaban J connectivity index is 1.78. The first-order valence-electron chi connectivity index (χ1n) is 6.63. The molecule has 1 aromatic heterocycles. The predicted molar refractivity (Wildman–Crippen MR) is 72.7 cm³/mol. The largest absolute Gasteiger partial charge is 0.357 e. The molecule has 0 N–H and O–H groups in total. The van der Waals surface area contributed by atoms with Gasteiger partial charge < -0.3 is 4.90 Å². The lowest BCUT2D eigenvalue weighted by Gasteiger charge is -2.32. The topological polar surface area (TPSA) is 16.1 Å². The number of halogens is 2. The normalized spacial score (nSPS) is 17.3. The van der Waals surface area contributed by atoms with Crippen LogP contribution in [-0.4, -0.2) is 24.5 Å². The summed E-state index contributed by atoms with van der Waals surface area (Å²) in [7, 11) is 0. The van der Waals surface area contributed by atoms with Crippen LogP contribution in [0.3, 0.4) is 0 Å². The third-order valence-electron chi connectivity index (χ3n) is 3.80. The van der Waals surface area contributed by atoms with Crippen molar-refractivity contribution in [2.45, 2.75) is 19.3 Å². The predicted octanol–water partition coefficient (Wildman–Crippen LogP) is 3.72. The molecule has 1 aromatic carbocycles. The second-order valence-corrected chi connectivity index (χ2v) is 5.02. The standard InChI is InChI=1S/C15H16F2N2/c16-15(17)12-7-9-19(10-8-12)14-6-5-11-3-1-2-4-13(11)18-14/h1-6,12,15H,7-10H2. The zero-order chi connectivity index (χ0) is 13.2. The van der Waals surface area contributed by atoms with Crippen molar-refractivity contribution in [1.29, 1.82) is 0 Å². The van der Waals surface area contributed by atoms with Gasteiger partial charge >= 0.3 is 0 Å². The lowest BCUT2D eigenvalue weighted by Crippen LogP contribution is -2.36. The number of anilines is 1. The average molecular weight is 262 g/mol. The quantitative estimate of drug-likeness (QED) is 0.820. The average Bonchev–Trinajstić information content (AvgIpc) is 2.47. The van der Waals surface area contributed by atoms with E-state index in [1.807, 2.05) is 36.4 Å². The highest BCUT2D eigenvalue weighted by molar-refractivity contribution is 5.80. The molecular formula is C15H16F2N2. The summed E-state index contributed by atoms with van der Waals surface area (Å²) in [6.07, 6.45) is -1.09. The van der Waals surface area contributed by atoms with Crippen LogP contribution >= 0.6 is 0 Å². The van der Waals surface area contributed by atoms with Gasteiger partial charge in [0, 0.05) is 24.4 Å². The molecule has 0 spiro atoms. The van der Waals surface area contributed by atoms with Gasteiger partial charge in [0.2, 0.25) is 6.43 Å². The molecule has 3 rings (SSSR count). The number of benzene rings is 1. The Labute approximate surface area is 111 Å². The summed E-state index contributed by atoms with van der Waals surface area (Å²) >= 11 is 0. The highest BCUT2D eigenvalue weighted by atomic mass is 19.3. The molecule has 4 heteroatoms. The number of para-hydroxylation sites is 1. The Morgan fingerprint density at radius 2 is 1.79 bits per heavy atom. The summed E-state index contributed by atoms with van der Waals surface area (Å²) in [6, 6.07) is 12.0. The molecule has 1 aliphatic rings. The maximum Gasteiger partial charge on any atom is 0.241 e. The van der Waals surface area contributed by atoms with Crippen LogP contribution in [0.25, 0.3) is 10.9 Å². The van der Waals surface area contributed by atoms with E-state index in [9.17, 15) is 8.78 Å². The number of pyridine rings is 1. The molecule has 0 aliphatic carbocycles. The Hall–Kier alpha value is -1.71. The van der Waals surface area contributed by atoms with Crippen molar-refractivity contribution in [3.8, 4) is 0 Å². The first-order valence-corrected chi connectivity index (χ1v) is 6.63. The van der Waals surface area contributed by atoms with Crippen LogP contribution in [0.4, 0.5) is 14.6 Å². The van der Waals surface area contributed by atoms with Crippen LogP contribution in [0.2, 0.25) is 0 Å². The number of fused-ring (bicyclic) bond motifs is 1. The van der Waals surface area contributed by atoms with Gasteiger partial charge in [-0.15, -0.1) is 0 Å². The Morgan fingerprint density at radius 3 is 2.53 bits per heavy atom. The molecule has 0 bridgehead atoms. The molecule has 2 nitrogen and oxygen atoms in total. The van der Waals surface area contributed by atoms with Crippen molar-refractivity contribution < 1.29 is 8.78 Å². The number of alkyl halides is 2. The molecule has 0 unspecified atom stereocenters. The van der Waals surface area contributed by atoms with Gasteiger partial charge in [0.25, 0.3) is 0 Å². The maximum absolute atomic E-state index is 12.6. The molecule has 0 saturated carbocycles. The monoisotopic (exact) mass is 262 g/mol. The van der Waals surface area contributed by atoms with Gasteiger partial charge in [0.1, 0.15) is 5.82 Å². The van der Waals surface area contributed by atoms with Crippen molar-refractivity contribution in [3.05, 3.63) is 36.4 Å². The van der Waals surface area contributed by atoms with E-state index in [-0.39, 0.29) is 0 Å². The molecule has 2 heterocycles. The zero-order valence-corrected chi connectivity index (χ0v) is 10.6. The molecule has 100 valence electrons. The minimum atomic E-state index is -2.19. The first-order chi connectivity index (χ1) is 9.24. The minimum Gasteiger partial charge on any atom is -0.357 e. The molecule has 1 fully saturated rings. The van der Waals surface area contributed by atoms with E-state index in [1.165, 1.54) is 0 Å². The van der Waals surface area contributed by atoms with Crippen LogP contribution in [0, 0.1) is 5.92 Å². The number of nitrogens with zero attached hydrogens (tertiary/aromatic N) is 2. The molecule has 0 radical (unpaired) electrons. The number of hydrogen-bond donors (Lipinski definition) is 0. The van der Waals surface area contributed by atoms with Crippen molar-refractivity contribution in [1.82, 2.24) is 4.98 Å². The molecular weight excluding hydrogens is 246 g/mol. The van der Waals surface area contributed by atoms with Crippen LogP contribution in [-0.2, 0) is 0 Å². The van der Waals surface area contributed by atoms with Gasteiger partial charge in [-0.05, 0) is 31.0 Å². The summed E-state index contributed by atoms with van der Waals surface area (Å²) < 4.78 is 25.2. The summed E-state index contributed by atoms with van der Waals surface area (Å²) in [4.78, 5) is 6.71. The summed E-state index contributed by atoms with van der Waals surface area (Å²) in [5.74, 6) is 0.447. The molecule has 0 amide bonds. The molecule has 0 atom stereocenters. The molecule has 2 aromatic rings. The third-order valence-corrected chi connectivity index (χ3v) is 3.80. The Bertz CT molecular complexity index is 563. The Kier molecular flexibility index (Phi) is 3.32. The third kappa shape index (κ3) is 2.53. The first kappa shape index (κ1) is 12.3. The SMILES string of the molecule is FC(F)C1CCN(c2ccc3ccccc3n2)CC1. The van der Waals surface area contributed by atoms with Gasteiger partial charge in [0.15, 0.2) is 0 Å². The second-order valence-electron chi connectivity index (χ2n) is 5.02. The van der Waals surface area contributed by atoms with Gasteiger partial charge in [0.05, 0.1) is 5.52 Å². The van der Waals surface area contributed by atoms with Crippen LogP contribution < -0.4 is 4.90 Å². The maximum atomic E-state index is 12.6. The molecule has 1 saturated heterocycles.